The number of hydrogen-bond donors (Lipinski definition) is 2. The number of aromatic carboxylic acids is 1. The van der Waals surface area contributed by atoms with E-state index in [1.54, 1.807) is 0 Å². The van der Waals surface area contributed by atoms with E-state index >= 15 is 0 Å². The second-order valence-electron chi connectivity index (χ2n) is 3.12. The van der Waals surface area contributed by atoms with Gasteiger partial charge in [-0.05, 0) is 24.1 Å². The van der Waals surface area contributed by atoms with Crippen LogP contribution in [0, 0.1) is 11.6 Å². The van der Waals surface area contributed by atoms with Crippen LogP contribution in [0.5, 0.6) is 0 Å². The van der Waals surface area contributed by atoms with Gasteiger partial charge < -0.3 is 10.2 Å². The van der Waals surface area contributed by atoms with Crippen molar-refractivity contribution in [3.63, 3.8) is 0 Å². The van der Waals surface area contributed by atoms with Crippen LogP contribution in [0.1, 0.15) is 22.3 Å². The van der Waals surface area contributed by atoms with E-state index in [1.807, 2.05) is 0 Å². The number of halogens is 2. The van der Waals surface area contributed by atoms with Crippen LogP contribution in [0.4, 0.5) is 8.78 Å². The van der Waals surface area contributed by atoms with Crippen LogP contribution in [0.15, 0.2) is 12.1 Å². The number of hydrogen-bond acceptors (Lipinski definition) is 2. The van der Waals surface area contributed by atoms with Crippen LogP contribution < -0.4 is 0 Å². The number of carboxylic acids is 2. The van der Waals surface area contributed by atoms with Gasteiger partial charge in [0.05, 0.1) is 5.56 Å². The molecule has 1 aromatic rings. The number of carboxylic acid groups (broad SMARTS) is 2. The van der Waals surface area contributed by atoms with Crippen LogP contribution in [-0.4, -0.2) is 22.2 Å². The van der Waals surface area contributed by atoms with Crippen LogP contribution >= 0.6 is 0 Å². The Labute approximate surface area is 89.1 Å². The van der Waals surface area contributed by atoms with E-state index in [1.165, 1.54) is 0 Å². The number of rotatable bonds is 4. The van der Waals surface area contributed by atoms with Crippen LogP contribution in [0.25, 0.3) is 0 Å². The normalized spacial score (nSPS) is 10.1. The molecule has 0 aromatic heterocycles. The predicted molar refractivity (Wildman–Crippen MR) is 49.3 cm³/mol. The van der Waals surface area contributed by atoms with Gasteiger partial charge in [-0.2, -0.15) is 0 Å². The van der Waals surface area contributed by atoms with E-state index in [2.05, 4.69) is 0 Å². The van der Waals surface area contributed by atoms with Gasteiger partial charge in [-0.15, -0.1) is 0 Å². The molecule has 4 nitrogen and oxygen atoms in total. The van der Waals surface area contributed by atoms with Crippen molar-refractivity contribution in [2.24, 2.45) is 0 Å². The van der Waals surface area contributed by atoms with Crippen molar-refractivity contribution < 1.29 is 28.6 Å². The molecular formula is C10H8F2O4. The molecule has 0 aliphatic carbocycles. The summed E-state index contributed by atoms with van der Waals surface area (Å²) in [6, 6.07) is 1.26. The minimum Gasteiger partial charge on any atom is -0.481 e. The van der Waals surface area contributed by atoms with Crippen molar-refractivity contribution in [1.82, 2.24) is 0 Å². The number of aliphatic carboxylic acids is 1. The third-order valence-corrected chi connectivity index (χ3v) is 1.97. The Morgan fingerprint density at radius 3 is 2.25 bits per heavy atom. The highest BCUT2D eigenvalue weighted by Crippen LogP contribution is 2.16. The summed E-state index contributed by atoms with van der Waals surface area (Å²) >= 11 is 0. The van der Waals surface area contributed by atoms with E-state index in [0.717, 1.165) is 0 Å². The Kier molecular flexibility index (Phi) is 3.55. The smallest absolute Gasteiger partial charge is 0.338 e. The van der Waals surface area contributed by atoms with Crippen LogP contribution in [0.2, 0.25) is 0 Å². The van der Waals surface area contributed by atoms with E-state index < -0.39 is 29.1 Å². The molecule has 0 fully saturated rings. The standard InChI is InChI=1S/C10H8F2O4/c11-7-4-6(10(15)16)8(12)3-5(7)1-2-9(13)14/h3-4H,1-2H2,(H,13,14)(H,15,16). The third-order valence-electron chi connectivity index (χ3n) is 1.97. The molecule has 0 bridgehead atoms. The summed E-state index contributed by atoms with van der Waals surface area (Å²) in [5, 5.41) is 16.9. The molecule has 0 spiro atoms. The van der Waals surface area contributed by atoms with Gasteiger partial charge in [-0.1, -0.05) is 0 Å². The molecule has 0 heterocycles. The zero-order chi connectivity index (χ0) is 12.3. The van der Waals surface area contributed by atoms with Crippen LogP contribution in [-0.2, 0) is 11.2 Å². The van der Waals surface area contributed by atoms with E-state index in [4.69, 9.17) is 10.2 Å². The molecule has 1 aromatic carbocycles. The maximum Gasteiger partial charge on any atom is 0.338 e. The molecule has 0 aliphatic heterocycles. The summed E-state index contributed by atoms with van der Waals surface area (Å²) in [5.74, 6) is -4.70. The van der Waals surface area contributed by atoms with E-state index in [9.17, 15) is 18.4 Å². The first kappa shape index (κ1) is 12.1. The zero-order valence-electron chi connectivity index (χ0n) is 8.04. The van der Waals surface area contributed by atoms with Crippen molar-refractivity contribution in [1.29, 1.82) is 0 Å². The highest BCUT2D eigenvalue weighted by atomic mass is 19.1. The van der Waals surface area contributed by atoms with Crippen molar-refractivity contribution in [2.75, 3.05) is 0 Å². The Bertz CT molecular complexity index is 443. The molecule has 0 aliphatic rings. The quantitative estimate of drug-likeness (QED) is 0.825. The molecule has 2 N–H and O–H groups in total. The first-order valence-electron chi connectivity index (χ1n) is 4.35. The molecule has 6 heteroatoms. The van der Waals surface area contributed by atoms with Gasteiger partial charge in [0, 0.05) is 6.42 Å². The molecule has 86 valence electrons. The number of aryl methyl sites for hydroxylation is 1. The SMILES string of the molecule is O=C(O)CCc1cc(F)c(C(=O)O)cc1F. The van der Waals surface area contributed by atoms with Gasteiger partial charge in [0.15, 0.2) is 0 Å². The largest absolute Gasteiger partial charge is 0.481 e. The van der Waals surface area contributed by atoms with Crippen molar-refractivity contribution in [2.45, 2.75) is 12.8 Å². The monoisotopic (exact) mass is 230 g/mol. The summed E-state index contributed by atoms with van der Waals surface area (Å²) in [6.45, 7) is 0. The van der Waals surface area contributed by atoms with E-state index in [-0.39, 0.29) is 18.4 Å². The molecule has 1 rings (SSSR count). The van der Waals surface area contributed by atoms with Gasteiger partial charge in [-0.25, -0.2) is 13.6 Å². The minimum atomic E-state index is -1.57. The van der Waals surface area contributed by atoms with Crippen LogP contribution in [0.3, 0.4) is 0 Å². The maximum absolute atomic E-state index is 13.2. The summed E-state index contributed by atoms with van der Waals surface area (Å²) < 4.78 is 26.3. The fourth-order valence-electron chi connectivity index (χ4n) is 1.19. The molecular weight excluding hydrogens is 222 g/mol. The minimum absolute atomic E-state index is 0.148. The average molecular weight is 230 g/mol. The fourth-order valence-corrected chi connectivity index (χ4v) is 1.19. The number of carbonyl (C=O) groups is 2. The molecule has 0 saturated carbocycles. The second-order valence-corrected chi connectivity index (χ2v) is 3.12. The lowest BCUT2D eigenvalue weighted by Gasteiger charge is -2.04. The first-order chi connectivity index (χ1) is 7.41. The Morgan fingerprint density at radius 1 is 1.12 bits per heavy atom. The van der Waals surface area contributed by atoms with Gasteiger partial charge in [-0.3, -0.25) is 4.79 Å². The Morgan fingerprint density at radius 2 is 1.75 bits per heavy atom. The number of benzene rings is 1. The van der Waals surface area contributed by atoms with Gasteiger partial charge in [0.2, 0.25) is 0 Å². The summed E-state index contributed by atoms with van der Waals surface area (Å²) in [4.78, 5) is 20.7. The van der Waals surface area contributed by atoms with Gasteiger partial charge in [0.1, 0.15) is 11.6 Å². The zero-order valence-corrected chi connectivity index (χ0v) is 8.04. The molecule has 0 saturated heterocycles. The highest BCUT2D eigenvalue weighted by molar-refractivity contribution is 5.88. The first-order valence-corrected chi connectivity index (χ1v) is 4.35. The molecule has 0 amide bonds. The van der Waals surface area contributed by atoms with E-state index in [0.29, 0.717) is 12.1 Å². The van der Waals surface area contributed by atoms with Crippen molar-refractivity contribution in [3.05, 3.63) is 34.9 Å². The van der Waals surface area contributed by atoms with Crippen molar-refractivity contribution >= 4 is 11.9 Å². The maximum atomic E-state index is 13.2. The van der Waals surface area contributed by atoms with Gasteiger partial charge >= 0.3 is 11.9 Å². The van der Waals surface area contributed by atoms with Gasteiger partial charge in [0.25, 0.3) is 0 Å². The summed E-state index contributed by atoms with van der Waals surface area (Å²) in [5.41, 5.74) is -0.915. The lowest BCUT2D eigenvalue weighted by molar-refractivity contribution is -0.136. The summed E-state index contributed by atoms with van der Waals surface area (Å²) in [7, 11) is 0. The predicted octanol–water partition coefficient (Wildman–Crippen LogP) is 1.68. The highest BCUT2D eigenvalue weighted by Gasteiger charge is 2.15. The lowest BCUT2D eigenvalue weighted by Crippen LogP contribution is -2.05. The lowest BCUT2D eigenvalue weighted by atomic mass is 10.1. The second kappa shape index (κ2) is 4.69. The Hall–Kier alpha value is -1.98. The fraction of sp³-hybridized carbons (Fsp3) is 0.200. The average Bonchev–Trinajstić information content (AvgIpc) is 2.18. The molecule has 0 radical (unpaired) electrons. The summed E-state index contributed by atoms with van der Waals surface area (Å²) in [6.07, 6.45) is -0.527. The molecule has 0 atom stereocenters. The Balaban J connectivity index is 3.01. The molecule has 16 heavy (non-hydrogen) atoms. The molecule has 0 unspecified atom stereocenters. The van der Waals surface area contributed by atoms with Crippen molar-refractivity contribution in [3.8, 4) is 0 Å². The topological polar surface area (TPSA) is 74.6 Å². The third kappa shape index (κ3) is 2.75.